The van der Waals surface area contributed by atoms with Gasteiger partial charge in [0.05, 0.1) is 13.2 Å². The lowest BCUT2D eigenvalue weighted by Gasteiger charge is -2.15. The third kappa shape index (κ3) is 26.1. The number of aliphatic hydroxyl groups is 2. The Morgan fingerprint density at radius 2 is 1.44 bits per heavy atom. The predicted molar refractivity (Wildman–Crippen MR) is 73.9 cm³/mol. The van der Waals surface area contributed by atoms with Crippen molar-refractivity contribution in [2.75, 3.05) is 26.4 Å². The van der Waals surface area contributed by atoms with Gasteiger partial charge in [0.15, 0.2) is 0 Å². The standard InChI is InChI=1S/C3H6ClO3P.C3H8O2.Cl3OP/c4-8(5)6-2-1-3-7-8;4-2-1-3-5;1-5(2,3)4/h1-3H2;4-5H,1-3H2;. The van der Waals surface area contributed by atoms with Crippen molar-refractivity contribution in [2.45, 2.75) is 12.8 Å². The molecule has 0 radical (unpaired) electrons. The molecule has 0 aromatic heterocycles. The number of rotatable bonds is 2. The van der Waals surface area contributed by atoms with E-state index in [0.717, 1.165) is 6.42 Å². The van der Waals surface area contributed by atoms with Crippen LogP contribution >= 0.6 is 57.1 Å². The lowest BCUT2D eigenvalue weighted by Crippen LogP contribution is -2.04. The first-order valence-corrected chi connectivity index (χ1v) is 11.5. The van der Waals surface area contributed by atoms with Crippen LogP contribution in [0.3, 0.4) is 0 Å². The smallest absolute Gasteiger partial charge is 0.396 e. The molecule has 1 saturated heterocycles. The van der Waals surface area contributed by atoms with Crippen molar-refractivity contribution in [3.8, 4) is 0 Å². The molecule has 0 bridgehead atoms. The molecule has 12 heteroatoms. The van der Waals surface area contributed by atoms with Crippen molar-refractivity contribution in [3.63, 3.8) is 0 Å². The molecule has 0 spiro atoms. The third-order valence-electron chi connectivity index (χ3n) is 1.10. The average molecular weight is 386 g/mol. The normalized spacial score (nSPS) is 17.9. The molecule has 18 heavy (non-hydrogen) atoms. The Hall–Kier alpha value is 1.46. The van der Waals surface area contributed by atoms with Crippen molar-refractivity contribution in [3.05, 3.63) is 0 Å². The first-order chi connectivity index (χ1) is 8.12. The van der Waals surface area contributed by atoms with Crippen LogP contribution in [0.4, 0.5) is 0 Å². The largest absolute Gasteiger partial charge is 0.424 e. The van der Waals surface area contributed by atoms with Crippen molar-refractivity contribution < 1.29 is 28.4 Å². The summed E-state index contributed by atoms with van der Waals surface area (Å²) >= 11 is 19.0. The van der Waals surface area contributed by atoms with Gasteiger partial charge in [-0.25, -0.2) is 4.57 Å². The summed E-state index contributed by atoms with van der Waals surface area (Å²) < 4.78 is 29.2. The topological polar surface area (TPSA) is 93.1 Å². The Kier molecular flexibility index (Phi) is 14.8. The molecule has 0 aromatic rings. The average Bonchev–Trinajstić information content (AvgIpc) is 2.16. The van der Waals surface area contributed by atoms with E-state index in [9.17, 15) is 9.13 Å². The molecular formula is C6H14Cl4O6P2. The van der Waals surface area contributed by atoms with Crippen LogP contribution in [-0.4, -0.2) is 36.6 Å². The monoisotopic (exact) mass is 384 g/mol. The minimum absolute atomic E-state index is 0.0938. The molecule has 2 N–H and O–H groups in total. The number of halogens is 4. The zero-order valence-electron chi connectivity index (χ0n) is 9.18. The molecule has 0 aliphatic carbocycles. The van der Waals surface area contributed by atoms with E-state index in [1.165, 1.54) is 0 Å². The van der Waals surface area contributed by atoms with Gasteiger partial charge in [0.1, 0.15) is 0 Å². The summed E-state index contributed by atoms with van der Waals surface area (Å²) in [6.07, 6.45) is 1.27. The molecule has 0 aromatic carbocycles. The van der Waals surface area contributed by atoms with Gasteiger partial charge in [-0.15, -0.1) is 0 Å². The fourth-order valence-electron chi connectivity index (χ4n) is 0.514. The minimum Gasteiger partial charge on any atom is -0.396 e. The van der Waals surface area contributed by atoms with Gasteiger partial charge in [-0.2, -0.15) is 0 Å². The maximum absolute atomic E-state index is 10.6. The van der Waals surface area contributed by atoms with E-state index < -0.39 is 12.1 Å². The summed E-state index contributed by atoms with van der Waals surface area (Å²) in [5.41, 5.74) is 0. The molecule has 1 aliphatic heterocycles. The van der Waals surface area contributed by atoms with Crippen LogP contribution in [0.1, 0.15) is 12.8 Å². The van der Waals surface area contributed by atoms with Gasteiger partial charge >= 0.3 is 12.1 Å². The van der Waals surface area contributed by atoms with Gasteiger partial charge in [0.25, 0.3) is 0 Å². The van der Waals surface area contributed by atoms with E-state index in [1.807, 2.05) is 0 Å². The molecule has 0 saturated carbocycles. The fraction of sp³-hybridized carbons (Fsp3) is 1.00. The van der Waals surface area contributed by atoms with Gasteiger partial charge in [-0.3, -0.25) is 13.6 Å². The van der Waals surface area contributed by atoms with Gasteiger partial charge in [0.2, 0.25) is 0 Å². The highest BCUT2D eigenvalue weighted by Gasteiger charge is 2.23. The van der Waals surface area contributed by atoms with Crippen LogP contribution in [0.5, 0.6) is 0 Å². The SMILES string of the molecule is O=P(Cl)(Cl)Cl.O=P1(Cl)OCCCO1.OCCCO. The van der Waals surface area contributed by atoms with E-state index >= 15 is 0 Å². The van der Waals surface area contributed by atoms with Gasteiger partial charge < -0.3 is 10.2 Å². The highest BCUT2D eigenvalue weighted by Crippen LogP contribution is 2.61. The molecule has 1 aliphatic rings. The number of hydrogen-bond donors (Lipinski definition) is 2. The lowest BCUT2D eigenvalue weighted by atomic mass is 10.5. The van der Waals surface area contributed by atoms with E-state index in [2.05, 4.69) is 42.8 Å². The van der Waals surface area contributed by atoms with Gasteiger partial charge in [-0.05, 0) is 46.6 Å². The Morgan fingerprint density at radius 1 is 1.11 bits per heavy atom. The summed E-state index contributed by atoms with van der Waals surface area (Å²) in [5.74, 6) is 0. The second-order valence-corrected chi connectivity index (χ2v) is 11.9. The zero-order valence-corrected chi connectivity index (χ0v) is 14.0. The van der Waals surface area contributed by atoms with E-state index in [1.54, 1.807) is 0 Å². The summed E-state index contributed by atoms with van der Waals surface area (Å²) in [6.45, 7) is -2.04. The van der Waals surface area contributed by atoms with Crippen LogP contribution in [-0.2, 0) is 18.2 Å². The van der Waals surface area contributed by atoms with Crippen molar-refractivity contribution in [1.82, 2.24) is 0 Å². The highest BCUT2D eigenvalue weighted by atomic mass is 36.0. The third-order valence-corrected chi connectivity index (χ3v) is 2.66. The molecule has 112 valence electrons. The lowest BCUT2D eigenvalue weighted by molar-refractivity contribution is 0.158. The Balaban J connectivity index is 0. The molecule has 6 nitrogen and oxygen atoms in total. The van der Waals surface area contributed by atoms with Crippen molar-refractivity contribution in [2.24, 2.45) is 0 Å². The maximum atomic E-state index is 10.6. The quantitative estimate of drug-likeness (QED) is 0.699. The summed E-state index contributed by atoms with van der Waals surface area (Å²) in [7, 11) is 0. The van der Waals surface area contributed by atoms with Crippen LogP contribution in [0.2, 0.25) is 0 Å². The number of aliphatic hydroxyl groups excluding tert-OH is 2. The second-order valence-electron chi connectivity index (χ2n) is 2.65. The first kappa shape index (κ1) is 21.8. The molecule has 1 fully saturated rings. The minimum atomic E-state index is -3.22. The molecule has 0 amide bonds. The molecule has 1 heterocycles. The molecule has 1 rings (SSSR count). The van der Waals surface area contributed by atoms with E-state index in [0.29, 0.717) is 19.6 Å². The molecule has 0 atom stereocenters. The summed E-state index contributed by atoms with van der Waals surface area (Å²) in [6, 6.07) is 0. The summed E-state index contributed by atoms with van der Waals surface area (Å²) in [5, 5.41) is 12.6. The fourth-order valence-corrected chi connectivity index (χ4v) is 1.70. The van der Waals surface area contributed by atoms with Crippen LogP contribution < -0.4 is 0 Å². The van der Waals surface area contributed by atoms with Crippen LogP contribution in [0, 0.1) is 0 Å². The second kappa shape index (κ2) is 12.2. The Labute approximate surface area is 125 Å². The molecule has 0 unspecified atom stereocenters. The zero-order chi connectivity index (χ0) is 14.7. The Bertz CT molecular complexity index is 265. The summed E-state index contributed by atoms with van der Waals surface area (Å²) in [4.78, 5) is 0. The highest BCUT2D eigenvalue weighted by molar-refractivity contribution is 8.24. The van der Waals surface area contributed by atoms with E-state index in [-0.39, 0.29) is 13.2 Å². The van der Waals surface area contributed by atoms with Crippen LogP contribution in [0.15, 0.2) is 0 Å². The predicted octanol–water partition coefficient (Wildman–Crippen LogP) is 3.94. The Morgan fingerprint density at radius 3 is 1.56 bits per heavy atom. The van der Waals surface area contributed by atoms with Gasteiger partial charge in [0, 0.05) is 24.5 Å². The van der Waals surface area contributed by atoms with Gasteiger partial charge in [-0.1, -0.05) is 0 Å². The van der Waals surface area contributed by atoms with Crippen molar-refractivity contribution in [1.29, 1.82) is 0 Å². The number of hydrogen-bond acceptors (Lipinski definition) is 6. The maximum Gasteiger partial charge on any atom is 0.424 e. The van der Waals surface area contributed by atoms with Crippen molar-refractivity contribution >= 4 is 57.1 Å². The van der Waals surface area contributed by atoms with E-state index in [4.69, 9.17) is 21.5 Å². The van der Waals surface area contributed by atoms with Crippen LogP contribution in [0.25, 0.3) is 0 Å². The first-order valence-electron chi connectivity index (χ1n) is 4.62. The molecular weight excluding hydrogens is 372 g/mol.